The third kappa shape index (κ3) is 11.8. The van der Waals surface area contributed by atoms with Crippen LogP contribution in [0.15, 0.2) is 72.2 Å². The molecule has 1 aliphatic carbocycles. The first-order chi connectivity index (χ1) is 32.7. The lowest BCUT2D eigenvalue weighted by molar-refractivity contribution is -0.164. The zero-order chi connectivity index (χ0) is 49.8. The van der Waals surface area contributed by atoms with Crippen molar-refractivity contribution in [3.05, 3.63) is 105 Å². The Kier molecular flexibility index (Phi) is 15.9. The van der Waals surface area contributed by atoms with Crippen LogP contribution in [0.3, 0.4) is 0 Å². The molecule has 69 heavy (non-hydrogen) atoms. The standard InChI is InChI=1S/C53H66ClN7O7S/c1-32-44(69-31-57-32)36-11-9-33(10-12-36)28-56-47(65)42-25-39(62)29-61(42)48(66)45(51(2,3)4)58-43(63)30-67-24-23-60-21-19-35(20-22-60)34-13-15-37(16-14-34)46(64)59-49-52(5,6)50(53(49,7)8)68-40-18-17-38(27-55)41(54)26-40/h9-18,26,31,35,39,42,45,49-50,62H,19-25,28-30H2,1-8H3,(H,56,65)(H,58,63)(H,59,64)/t39-,42+,45-,49-,50-/m1/s1. The molecule has 0 radical (unpaired) electrons. The number of aliphatic hydroxyl groups is 1. The number of halogens is 1. The summed E-state index contributed by atoms with van der Waals surface area (Å²) in [6.45, 7) is 18.6. The molecule has 16 heteroatoms. The molecule has 4 N–H and O–H groups in total. The van der Waals surface area contributed by atoms with Crippen molar-refractivity contribution in [3.8, 4) is 22.3 Å². The van der Waals surface area contributed by atoms with Crippen LogP contribution in [-0.4, -0.2) is 113 Å². The van der Waals surface area contributed by atoms with E-state index < -0.39 is 35.4 Å². The van der Waals surface area contributed by atoms with Crippen LogP contribution in [0.4, 0.5) is 0 Å². The molecule has 2 saturated heterocycles. The number of carbonyl (C=O) groups is 4. The van der Waals surface area contributed by atoms with Gasteiger partial charge < -0.3 is 40.3 Å². The van der Waals surface area contributed by atoms with Gasteiger partial charge in [-0.1, -0.05) is 96.5 Å². The predicted octanol–water partition coefficient (Wildman–Crippen LogP) is 7.26. The van der Waals surface area contributed by atoms with Gasteiger partial charge in [-0.05, 0) is 85.1 Å². The number of aryl methyl sites for hydroxylation is 1. The summed E-state index contributed by atoms with van der Waals surface area (Å²) in [5.41, 5.74) is 5.49. The molecule has 4 aromatic rings. The van der Waals surface area contributed by atoms with Gasteiger partial charge in [0, 0.05) is 54.6 Å². The fourth-order valence-corrected chi connectivity index (χ4v) is 11.6. The number of aromatic nitrogens is 1. The summed E-state index contributed by atoms with van der Waals surface area (Å²) in [5.74, 6) is -0.403. The number of hydrogen-bond acceptors (Lipinski definition) is 11. The molecule has 3 aromatic carbocycles. The number of likely N-dealkylation sites (tertiary alicyclic amines) is 2. The van der Waals surface area contributed by atoms with E-state index in [4.69, 9.17) is 21.1 Å². The molecule has 3 atom stereocenters. The second-order valence-corrected chi connectivity index (χ2v) is 22.3. The van der Waals surface area contributed by atoms with Gasteiger partial charge in [0.2, 0.25) is 17.7 Å². The highest BCUT2D eigenvalue weighted by Gasteiger charge is 2.64. The number of rotatable bonds is 16. The molecule has 1 aromatic heterocycles. The van der Waals surface area contributed by atoms with Gasteiger partial charge >= 0.3 is 0 Å². The maximum atomic E-state index is 14.1. The Labute approximate surface area is 415 Å². The number of amides is 4. The number of thiazole rings is 1. The number of hydrogen-bond donors (Lipinski definition) is 4. The van der Waals surface area contributed by atoms with Crippen LogP contribution in [0.25, 0.3) is 10.4 Å². The molecule has 368 valence electrons. The summed E-state index contributed by atoms with van der Waals surface area (Å²) in [6.07, 6.45) is 0.937. The smallest absolute Gasteiger partial charge is 0.251 e. The highest BCUT2D eigenvalue weighted by Crippen LogP contribution is 2.55. The van der Waals surface area contributed by atoms with Gasteiger partial charge in [0.25, 0.3) is 5.91 Å². The first-order valence-electron chi connectivity index (χ1n) is 23.8. The number of β-amino-alcohol motifs (C(OH)–C–C–N with tert-alkyl or cyclic N) is 1. The lowest BCUT2D eigenvalue weighted by Gasteiger charge is -2.63. The summed E-state index contributed by atoms with van der Waals surface area (Å²) >= 11 is 7.84. The van der Waals surface area contributed by atoms with E-state index in [1.807, 2.05) is 69.6 Å². The summed E-state index contributed by atoms with van der Waals surface area (Å²) in [6, 6.07) is 21.0. The molecular formula is C53H66ClN7O7S. The number of nitrogens with one attached hydrogen (secondary N) is 3. The third-order valence-corrected chi connectivity index (χ3v) is 15.4. The van der Waals surface area contributed by atoms with Crippen LogP contribution in [0.2, 0.25) is 5.02 Å². The van der Waals surface area contributed by atoms with Crippen LogP contribution in [-0.2, 0) is 25.7 Å². The second kappa shape index (κ2) is 21.3. The van der Waals surface area contributed by atoms with Crippen molar-refractivity contribution in [1.82, 2.24) is 30.7 Å². The average molecular weight is 981 g/mol. The van der Waals surface area contributed by atoms with E-state index in [2.05, 4.69) is 71.7 Å². The summed E-state index contributed by atoms with van der Waals surface area (Å²) < 4.78 is 12.2. The van der Waals surface area contributed by atoms with E-state index in [9.17, 15) is 29.5 Å². The fourth-order valence-electron chi connectivity index (χ4n) is 10.5. The fraction of sp³-hybridized carbons (Fsp3) is 0.509. The van der Waals surface area contributed by atoms with E-state index >= 15 is 0 Å². The van der Waals surface area contributed by atoms with Crippen molar-refractivity contribution in [1.29, 1.82) is 5.26 Å². The molecule has 7 rings (SSSR count). The van der Waals surface area contributed by atoms with Crippen LogP contribution < -0.4 is 20.7 Å². The molecule has 3 fully saturated rings. The summed E-state index contributed by atoms with van der Waals surface area (Å²) in [5, 5.41) is 29.3. The molecule has 4 amide bonds. The van der Waals surface area contributed by atoms with Crippen molar-refractivity contribution < 1.29 is 33.8 Å². The minimum atomic E-state index is -0.947. The van der Waals surface area contributed by atoms with Gasteiger partial charge in [-0.25, -0.2) is 4.98 Å². The average Bonchev–Trinajstić information content (AvgIpc) is 3.94. The topological polar surface area (TPSA) is 186 Å². The Hall–Kier alpha value is -5.37. The molecule has 14 nitrogen and oxygen atoms in total. The Bertz CT molecular complexity index is 2510. The zero-order valence-electron chi connectivity index (χ0n) is 40.9. The Balaban J connectivity index is 0.823. The SMILES string of the molecule is Cc1ncsc1-c1ccc(CNC(=O)[C@@H]2C[C@@H](O)CN2C(=O)[C@@H](NC(=O)COCCN2CCC(c3ccc(C(=O)N[C@H]4C(C)(C)[C@H](Oc5ccc(C#N)c(Cl)c5)C4(C)C)cc3)CC2)C(C)(C)C)cc1. The third-order valence-electron chi connectivity index (χ3n) is 14.2. The van der Waals surface area contributed by atoms with E-state index in [-0.39, 0.29) is 60.9 Å². The number of ether oxygens (including phenoxy) is 2. The van der Waals surface area contributed by atoms with Crippen molar-refractivity contribution in [2.75, 3.05) is 39.4 Å². The molecule has 0 unspecified atom stereocenters. The Morgan fingerprint density at radius 3 is 2.29 bits per heavy atom. The first-order valence-corrected chi connectivity index (χ1v) is 25.0. The minimum Gasteiger partial charge on any atom is -0.489 e. The molecule has 3 aliphatic rings. The lowest BCUT2D eigenvalue weighted by atomic mass is 9.49. The first kappa shape index (κ1) is 51.5. The number of carbonyl (C=O) groups excluding carboxylic acids is 4. The maximum absolute atomic E-state index is 14.1. The van der Waals surface area contributed by atoms with E-state index in [1.165, 1.54) is 10.5 Å². The second-order valence-electron chi connectivity index (χ2n) is 21.0. The quantitative estimate of drug-likeness (QED) is 0.0833. The van der Waals surface area contributed by atoms with Crippen molar-refractivity contribution in [2.45, 2.75) is 117 Å². The molecule has 0 spiro atoms. The van der Waals surface area contributed by atoms with Gasteiger partial charge in [-0.3, -0.25) is 19.2 Å². The van der Waals surface area contributed by atoms with E-state index in [1.54, 1.807) is 29.5 Å². The van der Waals surface area contributed by atoms with Crippen molar-refractivity contribution in [2.24, 2.45) is 16.2 Å². The number of nitriles is 1. The summed E-state index contributed by atoms with van der Waals surface area (Å²) in [7, 11) is 0. The predicted molar refractivity (Wildman–Crippen MR) is 267 cm³/mol. The van der Waals surface area contributed by atoms with Crippen molar-refractivity contribution in [3.63, 3.8) is 0 Å². The van der Waals surface area contributed by atoms with Gasteiger partial charge in [-0.2, -0.15) is 5.26 Å². The van der Waals surface area contributed by atoms with Crippen LogP contribution >= 0.6 is 22.9 Å². The van der Waals surface area contributed by atoms with Crippen LogP contribution in [0.1, 0.15) is 106 Å². The highest BCUT2D eigenvalue weighted by atomic mass is 35.5. The number of nitrogens with zero attached hydrogens (tertiary/aromatic N) is 4. The zero-order valence-corrected chi connectivity index (χ0v) is 42.5. The number of benzene rings is 3. The number of aliphatic hydroxyl groups excluding tert-OH is 1. The number of piperidine rings is 1. The normalized spacial score (nSPS) is 21.7. The highest BCUT2D eigenvalue weighted by molar-refractivity contribution is 7.13. The van der Waals surface area contributed by atoms with Crippen LogP contribution in [0, 0.1) is 34.5 Å². The molecular weight excluding hydrogens is 914 g/mol. The molecule has 3 heterocycles. The van der Waals surface area contributed by atoms with Gasteiger partial charge in [0.05, 0.1) is 39.4 Å². The van der Waals surface area contributed by atoms with E-state index in [0.717, 1.165) is 47.6 Å². The molecule has 0 bridgehead atoms. The Morgan fingerprint density at radius 2 is 1.68 bits per heavy atom. The van der Waals surface area contributed by atoms with Gasteiger partial charge in [0.15, 0.2) is 0 Å². The maximum Gasteiger partial charge on any atom is 0.251 e. The monoisotopic (exact) mass is 979 g/mol. The lowest BCUT2D eigenvalue weighted by Crippen LogP contribution is -2.74. The van der Waals surface area contributed by atoms with E-state index in [0.29, 0.717) is 41.0 Å². The van der Waals surface area contributed by atoms with Crippen molar-refractivity contribution >= 4 is 46.6 Å². The van der Waals surface area contributed by atoms with Crippen LogP contribution in [0.5, 0.6) is 5.75 Å². The molecule has 1 saturated carbocycles. The molecule has 2 aliphatic heterocycles. The largest absolute Gasteiger partial charge is 0.489 e. The minimum absolute atomic E-state index is 0.00609. The van der Waals surface area contributed by atoms with Gasteiger partial charge in [-0.15, -0.1) is 11.3 Å². The Morgan fingerprint density at radius 1 is 1.00 bits per heavy atom. The summed E-state index contributed by atoms with van der Waals surface area (Å²) in [4.78, 5) is 63.4. The van der Waals surface area contributed by atoms with Gasteiger partial charge in [0.1, 0.15) is 36.6 Å².